The highest BCUT2D eigenvalue weighted by Crippen LogP contribution is 2.27. The molecule has 96 valence electrons. The quantitative estimate of drug-likeness (QED) is 0.770. The third kappa shape index (κ3) is 3.19. The van der Waals surface area contributed by atoms with Crippen molar-refractivity contribution in [3.8, 4) is 0 Å². The van der Waals surface area contributed by atoms with Crippen molar-refractivity contribution in [3.05, 3.63) is 0 Å². The van der Waals surface area contributed by atoms with E-state index < -0.39 is 0 Å². The van der Waals surface area contributed by atoms with E-state index in [0.717, 1.165) is 6.54 Å². The summed E-state index contributed by atoms with van der Waals surface area (Å²) in [5.74, 6) is 0. The SMILES string of the molecule is CCC(CC)(CN)CN1CCN(C)C(C)C1. The van der Waals surface area contributed by atoms with E-state index in [0.29, 0.717) is 11.5 Å². The summed E-state index contributed by atoms with van der Waals surface area (Å²) in [7, 11) is 2.22. The smallest absolute Gasteiger partial charge is 0.0192 e. The van der Waals surface area contributed by atoms with Crippen molar-refractivity contribution in [1.82, 2.24) is 9.80 Å². The van der Waals surface area contributed by atoms with Crippen molar-refractivity contribution in [2.45, 2.75) is 39.7 Å². The predicted molar refractivity (Wildman–Crippen MR) is 70.6 cm³/mol. The van der Waals surface area contributed by atoms with E-state index in [1.54, 1.807) is 0 Å². The van der Waals surface area contributed by atoms with E-state index in [1.165, 1.54) is 39.0 Å². The van der Waals surface area contributed by atoms with Crippen molar-refractivity contribution in [2.24, 2.45) is 11.1 Å². The summed E-state index contributed by atoms with van der Waals surface area (Å²) < 4.78 is 0. The first-order valence-electron chi connectivity index (χ1n) is 6.69. The maximum Gasteiger partial charge on any atom is 0.0192 e. The molecular weight excluding hydrogens is 198 g/mol. The molecule has 1 heterocycles. The number of piperazine rings is 1. The van der Waals surface area contributed by atoms with Crippen LogP contribution in [0.3, 0.4) is 0 Å². The number of nitrogens with two attached hydrogens (primary N) is 1. The Labute approximate surface area is 101 Å². The fraction of sp³-hybridized carbons (Fsp3) is 1.00. The summed E-state index contributed by atoms with van der Waals surface area (Å²) in [5, 5.41) is 0. The van der Waals surface area contributed by atoms with E-state index in [4.69, 9.17) is 5.73 Å². The highest BCUT2D eigenvalue weighted by molar-refractivity contribution is 4.85. The van der Waals surface area contributed by atoms with Gasteiger partial charge in [-0.3, -0.25) is 4.90 Å². The van der Waals surface area contributed by atoms with Crippen LogP contribution in [0.4, 0.5) is 0 Å². The van der Waals surface area contributed by atoms with Gasteiger partial charge in [0.25, 0.3) is 0 Å². The molecule has 1 saturated heterocycles. The second kappa shape index (κ2) is 5.99. The van der Waals surface area contributed by atoms with Crippen LogP contribution in [0.5, 0.6) is 0 Å². The Morgan fingerprint density at radius 2 is 1.88 bits per heavy atom. The van der Waals surface area contributed by atoms with Crippen LogP contribution in [-0.2, 0) is 0 Å². The Morgan fingerprint density at radius 3 is 2.31 bits per heavy atom. The second-order valence-corrected chi connectivity index (χ2v) is 5.48. The summed E-state index contributed by atoms with van der Waals surface area (Å²) in [4.78, 5) is 5.04. The first-order valence-corrected chi connectivity index (χ1v) is 6.69. The zero-order chi connectivity index (χ0) is 12.2. The minimum atomic E-state index is 0.343. The maximum absolute atomic E-state index is 5.97. The Kier molecular flexibility index (Phi) is 5.22. The Bertz CT molecular complexity index is 193. The van der Waals surface area contributed by atoms with Crippen LogP contribution < -0.4 is 5.73 Å². The lowest BCUT2D eigenvalue weighted by Crippen LogP contribution is -2.53. The summed E-state index contributed by atoms with van der Waals surface area (Å²) in [6, 6.07) is 0.679. The van der Waals surface area contributed by atoms with Gasteiger partial charge in [-0.25, -0.2) is 0 Å². The number of hydrogen-bond acceptors (Lipinski definition) is 3. The van der Waals surface area contributed by atoms with E-state index in [2.05, 4.69) is 37.6 Å². The van der Waals surface area contributed by atoms with Gasteiger partial charge in [0.15, 0.2) is 0 Å². The molecule has 1 aliphatic rings. The zero-order valence-electron chi connectivity index (χ0n) is 11.5. The average molecular weight is 227 g/mol. The number of nitrogens with zero attached hydrogens (tertiary/aromatic N) is 2. The Hall–Kier alpha value is -0.120. The van der Waals surface area contributed by atoms with E-state index in [9.17, 15) is 0 Å². The number of likely N-dealkylation sites (N-methyl/N-ethyl adjacent to an activating group) is 1. The first kappa shape index (κ1) is 13.9. The minimum Gasteiger partial charge on any atom is -0.330 e. The van der Waals surface area contributed by atoms with Gasteiger partial charge in [0, 0.05) is 32.2 Å². The molecule has 1 atom stereocenters. The summed E-state index contributed by atoms with van der Waals surface area (Å²) in [6.07, 6.45) is 2.39. The molecule has 1 aliphatic heterocycles. The van der Waals surface area contributed by atoms with Gasteiger partial charge in [-0.2, -0.15) is 0 Å². The van der Waals surface area contributed by atoms with Crippen molar-refractivity contribution >= 4 is 0 Å². The van der Waals surface area contributed by atoms with E-state index >= 15 is 0 Å². The molecule has 0 amide bonds. The van der Waals surface area contributed by atoms with Crippen LogP contribution in [0.25, 0.3) is 0 Å². The van der Waals surface area contributed by atoms with Crippen LogP contribution in [-0.4, -0.2) is 55.6 Å². The Morgan fingerprint density at radius 1 is 1.25 bits per heavy atom. The molecule has 0 aromatic rings. The van der Waals surface area contributed by atoms with Gasteiger partial charge in [-0.05, 0) is 38.8 Å². The lowest BCUT2D eigenvalue weighted by atomic mass is 9.81. The average Bonchev–Trinajstić information content (AvgIpc) is 2.31. The molecule has 1 rings (SSSR count). The molecule has 0 aliphatic carbocycles. The van der Waals surface area contributed by atoms with Crippen LogP contribution in [0.1, 0.15) is 33.6 Å². The second-order valence-electron chi connectivity index (χ2n) is 5.48. The molecule has 0 bridgehead atoms. The monoisotopic (exact) mass is 227 g/mol. The third-order valence-corrected chi connectivity index (χ3v) is 4.54. The summed E-state index contributed by atoms with van der Waals surface area (Å²) in [5.41, 5.74) is 6.31. The van der Waals surface area contributed by atoms with Gasteiger partial charge in [0.1, 0.15) is 0 Å². The largest absolute Gasteiger partial charge is 0.330 e. The molecular formula is C13H29N3. The normalized spacial score (nSPS) is 24.9. The molecule has 16 heavy (non-hydrogen) atoms. The topological polar surface area (TPSA) is 32.5 Å². The van der Waals surface area contributed by atoms with Crippen molar-refractivity contribution in [2.75, 3.05) is 39.8 Å². The van der Waals surface area contributed by atoms with Crippen LogP contribution in [0.15, 0.2) is 0 Å². The van der Waals surface area contributed by atoms with Gasteiger partial charge in [0.05, 0.1) is 0 Å². The molecule has 1 unspecified atom stereocenters. The zero-order valence-corrected chi connectivity index (χ0v) is 11.5. The van der Waals surface area contributed by atoms with Gasteiger partial charge in [-0.15, -0.1) is 0 Å². The number of hydrogen-bond donors (Lipinski definition) is 1. The van der Waals surface area contributed by atoms with Crippen molar-refractivity contribution in [3.63, 3.8) is 0 Å². The molecule has 0 aromatic heterocycles. The van der Waals surface area contributed by atoms with E-state index in [1.807, 2.05) is 0 Å². The lowest BCUT2D eigenvalue weighted by Gasteiger charge is -2.42. The van der Waals surface area contributed by atoms with Gasteiger partial charge >= 0.3 is 0 Å². The van der Waals surface area contributed by atoms with Crippen LogP contribution >= 0.6 is 0 Å². The Balaban J connectivity index is 2.53. The minimum absolute atomic E-state index is 0.343. The molecule has 3 heteroatoms. The highest BCUT2D eigenvalue weighted by atomic mass is 15.3. The number of rotatable bonds is 5. The molecule has 2 N–H and O–H groups in total. The van der Waals surface area contributed by atoms with Crippen molar-refractivity contribution in [1.29, 1.82) is 0 Å². The summed E-state index contributed by atoms with van der Waals surface area (Å²) in [6.45, 7) is 12.4. The fourth-order valence-corrected chi connectivity index (χ4v) is 2.57. The molecule has 0 saturated carbocycles. The molecule has 3 nitrogen and oxygen atoms in total. The van der Waals surface area contributed by atoms with Crippen LogP contribution in [0.2, 0.25) is 0 Å². The van der Waals surface area contributed by atoms with Gasteiger partial charge in [0.2, 0.25) is 0 Å². The van der Waals surface area contributed by atoms with E-state index in [-0.39, 0.29) is 0 Å². The first-order chi connectivity index (χ1) is 7.56. The molecule has 1 fully saturated rings. The summed E-state index contributed by atoms with van der Waals surface area (Å²) >= 11 is 0. The van der Waals surface area contributed by atoms with Crippen molar-refractivity contribution < 1.29 is 0 Å². The molecule has 0 spiro atoms. The van der Waals surface area contributed by atoms with Crippen LogP contribution in [0, 0.1) is 5.41 Å². The molecule has 0 aromatic carbocycles. The van der Waals surface area contributed by atoms with Gasteiger partial charge < -0.3 is 10.6 Å². The maximum atomic E-state index is 5.97. The van der Waals surface area contributed by atoms with Gasteiger partial charge in [-0.1, -0.05) is 13.8 Å². The standard InChI is InChI=1S/C13H29N3/c1-5-13(6-2,10-14)11-16-8-7-15(4)12(3)9-16/h12H,5-11,14H2,1-4H3. The molecule has 0 radical (unpaired) electrons. The lowest BCUT2D eigenvalue weighted by molar-refractivity contribution is 0.0632. The predicted octanol–water partition coefficient (Wildman–Crippen LogP) is 1.39. The fourth-order valence-electron chi connectivity index (χ4n) is 2.57. The third-order valence-electron chi connectivity index (χ3n) is 4.54. The highest BCUT2D eigenvalue weighted by Gasteiger charge is 2.30.